The van der Waals surface area contributed by atoms with Crippen molar-refractivity contribution < 1.29 is 9.18 Å². The third-order valence-electron chi connectivity index (χ3n) is 1.71. The third kappa shape index (κ3) is 2.43. The van der Waals surface area contributed by atoms with Crippen LogP contribution < -0.4 is 16.6 Å². The number of hydrogen-bond donors (Lipinski definition) is 3. The Kier molecular flexibility index (Phi) is 3.87. The summed E-state index contributed by atoms with van der Waals surface area (Å²) in [6, 6.07) is 6.75. The van der Waals surface area contributed by atoms with Gasteiger partial charge in [-0.3, -0.25) is 10.6 Å². The molecule has 0 fully saturated rings. The van der Waals surface area contributed by atoms with E-state index in [4.69, 9.17) is 5.84 Å². The summed E-state index contributed by atoms with van der Waals surface area (Å²) in [5.41, 5.74) is 3.32. The van der Waals surface area contributed by atoms with Gasteiger partial charge in [-0.1, -0.05) is 12.1 Å². The Balaban J connectivity index is 2.78. The lowest BCUT2D eigenvalue weighted by Gasteiger charge is -2.07. The normalized spacial score (nSPS) is 9.57. The minimum atomic E-state index is -0.579. The maximum absolute atomic E-state index is 11.8. The molecule has 1 aromatic rings. The zero-order valence-corrected chi connectivity index (χ0v) is 7.59. The summed E-state index contributed by atoms with van der Waals surface area (Å²) in [5, 5.41) is 2.41. The molecule has 14 heavy (non-hydrogen) atoms. The van der Waals surface area contributed by atoms with Crippen LogP contribution in [0.15, 0.2) is 24.3 Å². The van der Waals surface area contributed by atoms with Crippen LogP contribution in [-0.2, 0) is 0 Å². The smallest absolute Gasteiger partial charge is 0.253 e. The van der Waals surface area contributed by atoms with Gasteiger partial charge in [0.25, 0.3) is 5.91 Å². The van der Waals surface area contributed by atoms with Crippen LogP contribution in [0.25, 0.3) is 0 Å². The molecule has 0 radical (unpaired) electrons. The molecular weight excluding hydrogens is 185 g/mol. The fraction of sp³-hybridized carbons (Fsp3) is 0.222. The Hall–Kier alpha value is -1.62. The van der Waals surface area contributed by atoms with E-state index >= 15 is 0 Å². The molecule has 0 atom stereocenters. The zero-order chi connectivity index (χ0) is 10.4. The lowest BCUT2D eigenvalue weighted by atomic mass is 10.1. The van der Waals surface area contributed by atoms with Crippen molar-refractivity contribution in [3.8, 4) is 0 Å². The van der Waals surface area contributed by atoms with Crippen LogP contribution in [0.4, 0.5) is 10.1 Å². The van der Waals surface area contributed by atoms with Crippen molar-refractivity contribution in [3.63, 3.8) is 0 Å². The molecule has 0 spiro atoms. The Morgan fingerprint density at radius 1 is 1.43 bits per heavy atom. The van der Waals surface area contributed by atoms with E-state index in [0.29, 0.717) is 11.3 Å². The van der Waals surface area contributed by atoms with Crippen molar-refractivity contribution in [2.45, 2.75) is 0 Å². The lowest BCUT2D eigenvalue weighted by molar-refractivity contribution is 0.0951. The molecule has 4 nitrogen and oxygen atoms in total. The van der Waals surface area contributed by atoms with Gasteiger partial charge in [0, 0.05) is 6.54 Å². The van der Waals surface area contributed by atoms with Crippen molar-refractivity contribution in [2.75, 3.05) is 18.6 Å². The average molecular weight is 197 g/mol. The zero-order valence-electron chi connectivity index (χ0n) is 7.59. The molecule has 0 saturated carbocycles. The van der Waals surface area contributed by atoms with Gasteiger partial charge in [-0.15, -0.1) is 0 Å². The number of halogens is 1. The van der Waals surface area contributed by atoms with E-state index in [1.807, 2.05) is 0 Å². The highest BCUT2D eigenvalue weighted by Gasteiger charge is 2.08. The van der Waals surface area contributed by atoms with E-state index in [-0.39, 0.29) is 12.5 Å². The first-order valence-electron chi connectivity index (χ1n) is 4.19. The van der Waals surface area contributed by atoms with Crippen molar-refractivity contribution in [1.29, 1.82) is 0 Å². The third-order valence-corrected chi connectivity index (χ3v) is 1.71. The summed E-state index contributed by atoms with van der Waals surface area (Å²) in [5.74, 6) is 4.88. The summed E-state index contributed by atoms with van der Waals surface area (Å²) < 4.78 is 11.8. The Bertz CT molecular complexity index is 317. The minimum Gasteiger partial charge on any atom is -0.349 e. The number of nitrogen functional groups attached to an aromatic ring is 1. The van der Waals surface area contributed by atoms with Crippen molar-refractivity contribution in [3.05, 3.63) is 29.8 Å². The lowest BCUT2D eigenvalue weighted by Crippen LogP contribution is -2.26. The number of alkyl halides is 1. The Labute approximate surface area is 81.3 Å². The standard InChI is InChI=1S/C9H12FN3O/c10-5-6-12-9(14)7-3-1-2-4-8(7)13-11/h1-4,13H,5-6,11H2,(H,12,14). The van der Waals surface area contributed by atoms with Gasteiger partial charge in [0.05, 0.1) is 11.3 Å². The first-order valence-corrected chi connectivity index (χ1v) is 4.19. The topological polar surface area (TPSA) is 67.1 Å². The first-order chi connectivity index (χ1) is 6.79. The molecular formula is C9H12FN3O. The second-order valence-corrected chi connectivity index (χ2v) is 2.63. The highest BCUT2D eigenvalue weighted by atomic mass is 19.1. The molecule has 0 aliphatic heterocycles. The maximum atomic E-state index is 11.8. The number of rotatable bonds is 4. The monoisotopic (exact) mass is 197 g/mol. The predicted octanol–water partition coefficient (Wildman–Crippen LogP) is 0.671. The highest BCUT2D eigenvalue weighted by molar-refractivity contribution is 5.99. The Morgan fingerprint density at radius 3 is 2.79 bits per heavy atom. The molecule has 0 unspecified atom stereocenters. The van der Waals surface area contributed by atoms with Crippen LogP contribution in [0.5, 0.6) is 0 Å². The summed E-state index contributed by atoms with van der Waals surface area (Å²) in [6.07, 6.45) is 0. The fourth-order valence-electron chi connectivity index (χ4n) is 1.06. The van der Waals surface area contributed by atoms with Crippen molar-refractivity contribution >= 4 is 11.6 Å². The van der Waals surface area contributed by atoms with Crippen LogP contribution in [0, 0.1) is 0 Å². The Morgan fingerprint density at radius 2 is 2.14 bits per heavy atom. The van der Waals surface area contributed by atoms with Gasteiger partial charge in [0.1, 0.15) is 6.67 Å². The van der Waals surface area contributed by atoms with Crippen LogP contribution in [0.3, 0.4) is 0 Å². The molecule has 5 heteroatoms. The average Bonchev–Trinajstić information content (AvgIpc) is 2.25. The number of carbonyl (C=O) groups is 1. The predicted molar refractivity (Wildman–Crippen MR) is 52.6 cm³/mol. The quantitative estimate of drug-likeness (QED) is 0.491. The van der Waals surface area contributed by atoms with Gasteiger partial charge in [-0.25, -0.2) is 4.39 Å². The molecule has 0 aliphatic rings. The maximum Gasteiger partial charge on any atom is 0.253 e. The van der Waals surface area contributed by atoms with Crippen LogP contribution in [0.2, 0.25) is 0 Å². The number of amides is 1. The van der Waals surface area contributed by atoms with E-state index in [0.717, 1.165) is 0 Å². The summed E-state index contributed by atoms with van der Waals surface area (Å²) in [7, 11) is 0. The number of hydrazine groups is 1. The number of carbonyl (C=O) groups excluding carboxylic acids is 1. The van der Waals surface area contributed by atoms with E-state index in [9.17, 15) is 9.18 Å². The molecule has 1 amide bonds. The van der Waals surface area contributed by atoms with E-state index in [1.165, 1.54) is 0 Å². The van der Waals surface area contributed by atoms with Crippen molar-refractivity contribution in [1.82, 2.24) is 5.32 Å². The summed E-state index contributed by atoms with van der Waals surface area (Å²) in [6.45, 7) is -0.568. The number of anilines is 1. The number of nitrogens with one attached hydrogen (secondary N) is 2. The van der Waals surface area contributed by atoms with E-state index in [2.05, 4.69) is 10.7 Å². The molecule has 1 aromatic carbocycles. The van der Waals surface area contributed by atoms with Gasteiger partial charge in [0.2, 0.25) is 0 Å². The molecule has 0 saturated heterocycles. The molecule has 1 rings (SSSR count). The van der Waals surface area contributed by atoms with Crippen LogP contribution in [-0.4, -0.2) is 19.1 Å². The van der Waals surface area contributed by atoms with E-state index in [1.54, 1.807) is 24.3 Å². The van der Waals surface area contributed by atoms with Crippen molar-refractivity contribution in [2.24, 2.45) is 5.84 Å². The van der Waals surface area contributed by atoms with Crippen LogP contribution in [0.1, 0.15) is 10.4 Å². The van der Waals surface area contributed by atoms with E-state index < -0.39 is 6.67 Å². The summed E-state index contributed by atoms with van der Waals surface area (Å²) in [4.78, 5) is 11.4. The van der Waals surface area contributed by atoms with Crippen LogP contribution >= 0.6 is 0 Å². The second-order valence-electron chi connectivity index (χ2n) is 2.63. The number of para-hydroxylation sites is 1. The largest absolute Gasteiger partial charge is 0.349 e. The fourth-order valence-corrected chi connectivity index (χ4v) is 1.06. The van der Waals surface area contributed by atoms with Gasteiger partial charge in [0.15, 0.2) is 0 Å². The van der Waals surface area contributed by atoms with Gasteiger partial charge < -0.3 is 10.7 Å². The molecule has 0 bridgehead atoms. The molecule has 76 valence electrons. The highest BCUT2D eigenvalue weighted by Crippen LogP contribution is 2.12. The van der Waals surface area contributed by atoms with Gasteiger partial charge in [-0.05, 0) is 12.1 Å². The first kappa shape index (κ1) is 10.5. The van der Waals surface area contributed by atoms with Gasteiger partial charge in [-0.2, -0.15) is 0 Å². The number of nitrogens with two attached hydrogens (primary N) is 1. The number of benzene rings is 1. The molecule has 0 aliphatic carbocycles. The summed E-state index contributed by atoms with van der Waals surface area (Å²) >= 11 is 0. The molecule has 0 heterocycles. The SMILES string of the molecule is NNc1ccccc1C(=O)NCCF. The molecule has 4 N–H and O–H groups in total. The minimum absolute atomic E-state index is 0.0116. The second kappa shape index (κ2) is 5.18. The van der Waals surface area contributed by atoms with Gasteiger partial charge >= 0.3 is 0 Å². The number of hydrogen-bond acceptors (Lipinski definition) is 3. The molecule has 0 aromatic heterocycles.